The number of aromatic amines is 1. The van der Waals surface area contributed by atoms with Gasteiger partial charge < -0.3 is 19.6 Å². The van der Waals surface area contributed by atoms with E-state index in [1.165, 1.54) is 30.3 Å². The Morgan fingerprint density at radius 3 is 2.35 bits per heavy atom. The highest BCUT2D eigenvalue weighted by molar-refractivity contribution is 5.71. The molecule has 31 heavy (non-hydrogen) atoms. The van der Waals surface area contributed by atoms with Crippen molar-refractivity contribution in [1.29, 1.82) is 0 Å². The number of unbranched alkanes of at least 4 members (excludes halogenated alkanes) is 6. The fourth-order valence-electron chi connectivity index (χ4n) is 4.61. The number of hydrogen-bond acceptors (Lipinski definition) is 7. The predicted molar refractivity (Wildman–Crippen MR) is 123 cm³/mol. The second kappa shape index (κ2) is 11.7. The van der Waals surface area contributed by atoms with Gasteiger partial charge in [-0.3, -0.25) is 19.2 Å². The molecule has 0 radical (unpaired) electrons. The van der Waals surface area contributed by atoms with Crippen LogP contribution in [0.3, 0.4) is 0 Å². The highest BCUT2D eigenvalue weighted by atomic mass is 16.5. The van der Waals surface area contributed by atoms with Gasteiger partial charge in [-0.1, -0.05) is 38.5 Å². The Morgan fingerprint density at radius 2 is 1.65 bits per heavy atom. The van der Waals surface area contributed by atoms with Crippen LogP contribution in [0.2, 0.25) is 0 Å². The standard InChI is InChI=1S/C22H39N5O4/c1-24-17-27(21-19(24)20(29)23-22(30)25(21)2)11-9-7-5-3-4-6-8-10-18(28)16-26-12-14-31-15-13-26/h18,28H,3-17H2,1-2H3,(H,23,29,30). The molecule has 2 aliphatic heterocycles. The van der Waals surface area contributed by atoms with E-state index in [1.807, 2.05) is 11.9 Å². The number of morpholine rings is 1. The van der Waals surface area contributed by atoms with Gasteiger partial charge in [0.05, 0.1) is 26.0 Å². The van der Waals surface area contributed by atoms with Crippen molar-refractivity contribution < 1.29 is 9.84 Å². The summed E-state index contributed by atoms with van der Waals surface area (Å²) in [5.74, 6) is 0.729. The zero-order valence-corrected chi connectivity index (χ0v) is 19.1. The molecule has 0 bridgehead atoms. The molecule has 9 heteroatoms. The number of aromatic nitrogens is 2. The third kappa shape index (κ3) is 6.57. The third-order valence-electron chi connectivity index (χ3n) is 6.37. The molecule has 1 unspecified atom stereocenters. The Hall–Kier alpha value is -1.84. The lowest BCUT2D eigenvalue weighted by Crippen LogP contribution is -2.40. The summed E-state index contributed by atoms with van der Waals surface area (Å²) >= 11 is 0. The lowest BCUT2D eigenvalue weighted by Gasteiger charge is -2.28. The van der Waals surface area contributed by atoms with Crippen molar-refractivity contribution in [2.45, 2.75) is 57.5 Å². The smallest absolute Gasteiger partial charge is 0.329 e. The Kier molecular flexibility index (Phi) is 8.98. The monoisotopic (exact) mass is 437 g/mol. The van der Waals surface area contributed by atoms with Crippen LogP contribution in [0.5, 0.6) is 0 Å². The highest BCUT2D eigenvalue weighted by Crippen LogP contribution is 2.29. The highest BCUT2D eigenvalue weighted by Gasteiger charge is 2.29. The number of H-pyrrole nitrogens is 1. The predicted octanol–water partition coefficient (Wildman–Crippen LogP) is 1.10. The van der Waals surface area contributed by atoms with Crippen LogP contribution in [0.4, 0.5) is 11.5 Å². The minimum absolute atomic E-state index is 0.220. The van der Waals surface area contributed by atoms with E-state index in [0.29, 0.717) is 12.4 Å². The zero-order valence-electron chi connectivity index (χ0n) is 19.1. The maximum atomic E-state index is 12.1. The molecular weight excluding hydrogens is 398 g/mol. The van der Waals surface area contributed by atoms with Crippen LogP contribution in [0, 0.1) is 0 Å². The molecule has 3 heterocycles. The van der Waals surface area contributed by atoms with E-state index >= 15 is 0 Å². The summed E-state index contributed by atoms with van der Waals surface area (Å²) in [4.78, 5) is 32.8. The summed E-state index contributed by atoms with van der Waals surface area (Å²) in [6.07, 6.45) is 8.75. The van der Waals surface area contributed by atoms with Gasteiger partial charge in [0, 0.05) is 40.3 Å². The zero-order chi connectivity index (χ0) is 22.2. The summed E-state index contributed by atoms with van der Waals surface area (Å²) in [6.45, 7) is 5.69. The quantitative estimate of drug-likeness (QED) is 0.473. The van der Waals surface area contributed by atoms with Gasteiger partial charge in [-0.25, -0.2) is 4.79 Å². The Morgan fingerprint density at radius 1 is 1.00 bits per heavy atom. The molecule has 0 aromatic carbocycles. The number of aliphatic hydroxyl groups is 1. The first-order valence-corrected chi connectivity index (χ1v) is 11.7. The second-order valence-electron chi connectivity index (χ2n) is 8.92. The van der Waals surface area contributed by atoms with Gasteiger partial charge in [-0.05, 0) is 12.8 Å². The van der Waals surface area contributed by atoms with Crippen LogP contribution in [-0.4, -0.2) is 78.8 Å². The molecule has 1 atom stereocenters. The number of β-amino-alcohol motifs (C(OH)–C–C–N with tert-alkyl or cyclic N) is 1. The van der Waals surface area contributed by atoms with Gasteiger partial charge in [-0.15, -0.1) is 0 Å². The maximum absolute atomic E-state index is 12.1. The number of nitrogens with one attached hydrogen (secondary N) is 1. The fourth-order valence-corrected chi connectivity index (χ4v) is 4.61. The Balaban J connectivity index is 1.25. The summed E-state index contributed by atoms with van der Waals surface area (Å²) in [7, 11) is 3.59. The van der Waals surface area contributed by atoms with Gasteiger partial charge >= 0.3 is 5.69 Å². The van der Waals surface area contributed by atoms with Crippen LogP contribution in [0.1, 0.15) is 51.4 Å². The van der Waals surface area contributed by atoms with Gasteiger partial charge in [-0.2, -0.15) is 0 Å². The third-order valence-corrected chi connectivity index (χ3v) is 6.37. The van der Waals surface area contributed by atoms with E-state index in [2.05, 4.69) is 14.8 Å². The van der Waals surface area contributed by atoms with Crippen molar-refractivity contribution in [1.82, 2.24) is 14.5 Å². The maximum Gasteiger partial charge on any atom is 0.329 e. The summed E-state index contributed by atoms with van der Waals surface area (Å²) < 4.78 is 6.88. The van der Waals surface area contributed by atoms with Gasteiger partial charge in [0.15, 0.2) is 0 Å². The summed E-state index contributed by atoms with van der Waals surface area (Å²) in [5, 5.41) is 10.2. The van der Waals surface area contributed by atoms with Crippen LogP contribution in [0.15, 0.2) is 9.59 Å². The largest absolute Gasteiger partial charge is 0.392 e. The average Bonchev–Trinajstić information content (AvgIpc) is 3.08. The first-order chi connectivity index (χ1) is 15.0. The molecule has 1 aromatic rings. The minimum Gasteiger partial charge on any atom is -0.392 e. The number of nitrogens with zero attached hydrogens (tertiary/aromatic N) is 4. The van der Waals surface area contributed by atoms with Crippen molar-refractivity contribution >= 4 is 11.5 Å². The van der Waals surface area contributed by atoms with E-state index < -0.39 is 0 Å². The van der Waals surface area contributed by atoms with E-state index in [0.717, 1.165) is 70.9 Å². The molecule has 0 spiro atoms. The number of fused-ring (bicyclic) bond motifs is 1. The molecule has 0 aliphatic carbocycles. The molecule has 2 N–H and O–H groups in total. The molecule has 176 valence electrons. The molecule has 2 aliphatic rings. The normalized spacial score (nSPS) is 17.9. The van der Waals surface area contributed by atoms with Gasteiger partial charge in [0.1, 0.15) is 11.5 Å². The number of rotatable bonds is 12. The molecule has 0 saturated carbocycles. The van der Waals surface area contributed by atoms with Crippen LogP contribution < -0.4 is 21.0 Å². The van der Waals surface area contributed by atoms with Crippen LogP contribution in [0.25, 0.3) is 0 Å². The molecule has 9 nitrogen and oxygen atoms in total. The summed E-state index contributed by atoms with van der Waals surface area (Å²) in [6, 6.07) is 0. The van der Waals surface area contributed by atoms with E-state index in [9.17, 15) is 14.7 Å². The van der Waals surface area contributed by atoms with Crippen molar-refractivity contribution in [3.05, 3.63) is 20.8 Å². The van der Waals surface area contributed by atoms with E-state index in [-0.39, 0.29) is 17.4 Å². The SMILES string of the molecule is CN1CN(CCCCCCCCCC(O)CN2CCOCC2)c2c1c(=O)[nH]c(=O)n2C. The lowest BCUT2D eigenvalue weighted by molar-refractivity contribution is 0.0127. The van der Waals surface area contributed by atoms with Crippen molar-refractivity contribution in [2.24, 2.45) is 7.05 Å². The summed E-state index contributed by atoms with van der Waals surface area (Å²) in [5.41, 5.74) is -0.0878. The molecule has 0 amide bonds. The average molecular weight is 438 g/mol. The van der Waals surface area contributed by atoms with E-state index in [1.54, 1.807) is 7.05 Å². The molecular formula is C22H39N5O4. The van der Waals surface area contributed by atoms with Gasteiger partial charge in [0.25, 0.3) is 5.56 Å². The Bertz CT molecular complexity index is 802. The lowest BCUT2D eigenvalue weighted by atomic mass is 10.1. The molecule has 1 saturated heterocycles. The molecule has 3 rings (SSSR count). The van der Waals surface area contributed by atoms with Crippen molar-refractivity contribution in [3.8, 4) is 0 Å². The van der Waals surface area contributed by atoms with E-state index in [4.69, 9.17) is 4.74 Å². The number of aliphatic hydroxyl groups excluding tert-OH is 1. The molecule has 1 aromatic heterocycles. The number of anilines is 2. The van der Waals surface area contributed by atoms with Crippen LogP contribution in [-0.2, 0) is 11.8 Å². The van der Waals surface area contributed by atoms with Crippen molar-refractivity contribution in [2.75, 3.05) is 62.9 Å². The minimum atomic E-state index is -0.362. The van der Waals surface area contributed by atoms with Crippen LogP contribution >= 0.6 is 0 Å². The molecule has 1 fully saturated rings. The number of ether oxygens (including phenoxy) is 1. The fraction of sp³-hybridized carbons (Fsp3) is 0.818. The number of hydrogen-bond donors (Lipinski definition) is 2. The first kappa shape index (κ1) is 23.8. The van der Waals surface area contributed by atoms with Crippen molar-refractivity contribution in [3.63, 3.8) is 0 Å². The Labute approximate surface area is 184 Å². The first-order valence-electron chi connectivity index (χ1n) is 11.7. The van der Waals surface area contributed by atoms with Gasteiger partial charge in [0.2, 0.25) is 0 Å². The topological polar surface area (TPSA) is 94.0 Å². The second-order valence-corrected chi connectivity index (χ2v) is 8.92.